The van der Waals surface area contributed by atoms with Gasteiger partial charge >= 0.3 is 0 Å². The van der Waals surface area contributed by atoms with E-state index in [1.807, 2.05) is 24.3 Å². The number of fused-ring (bicyclic) bond motifs is 1. The molecular weight excluding hydrogens is 367 g/mol. The number of methoxy groups -OCH3 is 1. The zero-order valence-corrected chi connectivity index (χ0v) is 15.0. The van der Waals surface area contributed by atoms with Gasteiger partial charge in [-0.25, -0.2) is 19.3 Å². The smallest absolute Gasteiger partial charge is 0.218 e. The first-order chi connectivity index (χ1) is 13.1. The summed E-state index contributed by atoms with van der Waals surface area (Å²) in [5.41, 5.74) is 2.25. The maximum atomic E-state index is 14.4. The molecule has 0 fully saturated rings. The minimum atomic E-state index is -0.392. The Hall–Kier alpha value is -3.25. The molecule has 0 amide bonds. The van der Waals surface area contributed by atoms with Gasteiger partial charge in [-0.1, -0.05) is 29.8 Å². The standard InChI is InChI=1S/C20H14ClFN4O/c1-27-20-10-19(23-11-24-20)26-17-9-18(14-8-12(21)6-7-15(14)22)25-16-5-3-2-4-13(16)17/h2-11H,1H3,(H,23,24,25,26). The number of hydrogen-bond acceptors (Lipinski definition) is 5. The number of pyridine rings is 1. The van der Waals surface area contributed by atoms with E-state index in [1.54, 1.807) is 18.2 Å². The number of ether oxygens (including phenoxy) is 1. The van der Waals surface area contributed by atoms with Crippen molar-refractivity contribution in [3.8, 4) is 17.1 Å². The second-order valence-electron chi connectivity index (χ2n) is 5.77. The Morgan fingerprint density at radius 3 is 2.74 bits per heavy atom. The summed E-state index contributed by atoms with van der Waals surface area (Å²) in [6.45, 7) is 0. The van der Waals surface area contributed by atoms with Gasteiger partial charge < -0.3 is 10.1 Å². The highest BCUT2D eigenvalue weighted by molar-refractivity contribution is 6.30. The first kappa shape index (κ1) is 17.2. The zero-order chi connectivity index (χ0) is 18.8. The summed E-state index contributed by atoms with van der Waals surface area (Å²) in [4.78, 5) is 12.8. The molecule has 2 aromatic heterocycles. The third-order valence-electron chi connectivity index (χ3n) is 4.03. The maximum Gasteiger partial charge on any atom is 0.218 e. The molecule has 27 heavy (non-hydrogen) atoms. The van der Waals surface area contributed by atoms with Crippen LogP contribution in [0.25, 0.3) is 22.2 Å². The molecule has 5 nitrogen and oxygen atoms in total. The molecule has 0 aliphatic rings. The van der Waals surface area contributed by atoms with E-state index in [1.165, 1.54) is 25.6 Å². The fraction of sp³-hybridized carbons (Fsp3) is 0.0500. The Morgan fingerprint density at radius 1 is 1.04 bits per heavy atom. The van der Waals surface area contributed by atoms with Crippen LogP contribution >= 0.6 is 11.6 Å². The highest BCUT2D eigenvalue weighted by Gasteiger charge is 2.12. The van der Waals surface area contributed by atoms with Crippen molar-refractivity contribution < 1.29 is 9.13 Å². The van der Waals surface area contributed by atoms with Gasteiger partial charge in [0.1, 0.15) is 18.0 Å². The largest absolute Gasteiger partial charge is 0.481 e. The molecule has 0 bridgehead atoms. The topological polar surface area (TPSA) is 59.9 Å². The fourth-order valence-electron chi connectivity index (χ4n) is 2.77. The van der Waals surface area contributed by atoms with Crippen LogP contribution in [0.2, 0.25) is 5.02 Å². The Kier molecular flexibility index (Phi) is 4.56. The minimum absolute atomic E-state index is 0.330. The van der Waals surface area contributed by atoms with Gasteiger partial charge in [-0.2, -0.15) is 0 Å². The van der Waals surface area contributed by atoms with Crippen molar-refractivity contribution in [2.45, 2.75) is 0 Å². The lowest BCUT2D eigenvalue weighted by atomic mass is 10.1. The molecule has 0 saturated heterocycles. The molecule has 0 unspecified atom stereocenters. The number of aromatic nitrogens is 3. The first-order valence-corrected chi connectivity index (χ1v) is 8.50. The van der Waals surface area contributed by atoms with E-state index in [0.29, 0.717) is 28.0 Å². The Labute approximate surface area is 159 Å². The molecule has 0 spiro atoms. The van der Waals surface area contributed by atoms with Crippen molar-refractivity contribution in [2.24, 2.45) is 0 Å². The van der Waals surface area contributed by atoms with Crippen molar-refractivity contribution in [2.75, 3.05) is 12.4 Å². The molecule has 0 radical (unpaired) electrons. The predicted molar refractivity (Wildman–Crippen MR) is 104 cm³/mol. The Morgan fingerprint density at radius 2 is 1.89 bits per heavy atom. The second-order valence-corrected chi connectivity index (χ2v) is 6.20. The van der Waals surface area contributed by atoms with E-state index < -0.39 is 5.82 Å². The number of para-hydroxylation sites is 1. The number of rotatable bonds is 4. The molecule has 4 rings (SSSR count). The monoisotopic (exact) mass is 380 g/mol. The number of benzene rings is 2. The van der Waals surface area contributed by atoms with Gasteiger partial charge in [0.25, 0.3) is 0 Å². The quantitative estimate of drug-likeness (QED) is 0.525. The number of nitrogens with one attached hydrogen (secondary N) is 1. The van der Waals surface area contributed by atoms with Crippen LogP contribution in [-0.4, -0.2) is 22.1 Å². The normalized spacial score (nSPS) is 10.8. The number of halogens is 2. The molecule has 1 N–H and O–H groups in total. The summed E-state index contributed by atoms with van der Waals surface area (Å²) in [5.74, 6) is 0.597. The number of hydrogen-bond donors (Lipinski definition) is 1. The molecule has 0 aliphatic heterocycles. The van der Waals surface area contributed by atoms with Crippen molar-refractivity contribution in [3.63, 3.8) is 0 Å². The third-order valence-corrected chi connectivity index (χ3v) is 4.27. The Balaban J connectivity index is 1.87. The fourth-order valence-corrected chi connectivity index (χ4v) is 2.94. The lowest BCUT2D eigenvalue weighted by molar-refractivity contribution is 0.397. The van der Waals surface area contributed by atoms with Crippen molar-refractivity contribution in [3.05, 3.63) is 71.8 Å². The van der Waals surface area contributed by atoms with Crippen LogP contribution in [0.15, 0.2) is 60.9 Å². The third kappa shape index (κ3) is 3.52. The molecular formula is C20H14ClFN4O. The van der Waals surface area contributed by atoms with Crippen molar-refractivity contribution in [1.82, 2.24) is 15.0 Å². The van der Waals surface area contributed by atoms with Crippen LogP contribution in [-0.2, 0) is 0 Å². The summed E-state index contributed by atoms with van der Waals surface area (Å²) in [6.07, 6.45) is 1.40. The highest BCUT2D eigenvalue weighted by Crippen LogP contribution is 2.32. The molecule has 0 atom stereocenters. The summed E-state index contributed by atoms with van der Waals surface area (Å²) in [6, 6.07) is 15.4. The van der Waals surface area contributed by atoms with Gasteiger partial charge in [0, 0.05) is 22.0 Å². The molecule has 2 heterocycles. The average Bonchev–Trinajstić information content (AvgIpc) is 2.70. The van der Waals surface area contributed by atoms with Crippen molar-refractivity contribution in [1.29, 1.82) is 0 Å². The van der Waals surface area contributed by atoms with Crippen LogP contribution in [0.5, 0.6) is 5.88 Å². The van der Waals surface area contributed by atoms with Gasteiger partial charge in [-0.3, -0.25) is 0 Å². The SMILES string of the molecule is COc1cc(Nc2cc(-c3cc(Cl)ccc3F)nc3ccccc23)ncn1. The maximum absolute atomic E-state index is 14.4. The second kappa shape index (κ2) is 7.17. The average molecular weight is 381 g/mol. The van der Waals surface area contributed by atoms with Crippen LogP contribution in [0.1, 0.15) is 0 Å². The molecule has 7 heteroatoms. The van der Waals surface area contributed by atoms with Gasteiger partial charge in [0.15, 0.2) is 0 Å². The van der Waals surface area contributed by atoms with Crippen LogP contribution < -0.4 is 10.1 Å². The van der Waals surface area contributed by atoms with E-state index in [-0.39, 0.29) is 0 Å². The van der Waals surface area contributed by atoms with E-state index in [9.17, 15) is 4.39 Å². The van der Waals surface area contributed by atoms with Gasteiger partial charge in [0.2, 0.25) is 5.88 Å². The van der Waals surface area contributed by atoms with Crippen molar-refractivity contribution >= 4 is 34.0 Å². The lowest BCUT2D eigenvalue weighted by Crippen LogP contribution is -1.99. The molecule has 134 valence electrons. The summed E-state index contributed by atoms with van der Waals surface area (Å²) in [5, 5.41) is 4.56. The van der Waals surface area contributed by atoms with Gasteiger partial charge in [0.05, 0.1) is 24.0 Å². The summed E-state index contributed by atoms with van der Waals surface area (Å²) < 4.78 is 19.5. The molecule has 0 saturated carbocycles. The van der Waals surface area contributed by atoms with E-state index in [2.05, 4.69) is 20.3 Å². The predicted octanol–water partition coefficient (Wildman–Crippen LogP) is 5.24. The summed E-state index contributed by atoms with van der Waals surface area (Å²) >= 11 is 6.05. The van der Waals surface area contributed by atoms with E-state index in [0.717, 1.165) is 16.6 Å². The van der Waals surface area contributed by atoms with Crippen LogP contribution in [0.3, 0.4) is 0 Å². The minimum Gasteiger partial charge on any atom is -0.481 e. The number of nitrogens with zero attached hydrogens (tertiary/aromatic N) is 3. The molecule has 2 aromatic carbocycles. The zero-order valence-electron chi connectivity index (χ0n) is 14.3. The van der Waals surface area contributed by atoms with Gasteiger partial charge in [-0.05, 0) is 30.3 Å². The van der Waals surface area contributed by atoms with Crippen LogP contribution in [0, 0.1) is 5.82 Å². The first-order valence-electron chi connectivity index (χ1n) is 8.12. The molecule has 4 aromatic rings. The summed E-state index contributed by atoms with van der Waals surface area (Å²) in [7, 11) is 1.54. The highest BCUT2D eigenvalue weighted by atomic mass is 35.5. The van der Waals surface area contributed by atoms with E-state index in [4.69, 9.17) is 16.3 Å². The van der Waals surface area contributed by atoms with E-state index >= 15 is 0 Å². The molecule has 0 aliphatic carbocycles. The van der Waals surface area contributed by atoms with Gasteiger partial charge in [-0.15, -0.1) is 0 Å². The lowest BCUT2D eigenvalue weighted by Gasteiger charge is -2.12. The Bertz CT molecular complexity index is 1140. The van der Waals surface area contributed by atoms with Crippen LogP contribution in [0.4, 0.5) is 15.9 Å². The number of anilines is 2.